The second-order valence-corrected chi connectivity index (χ2v) is 6.13. The SMILES string of the molecule is O=C(NCc1ccccc1)c1ccnc(Nc2c(Cl)cccc2Cl)c1. The molecule has 2 N–H and O–H groups in total. The molecule has 1 heterocycles. The highest BCUT2D eigenvalue weighted by Crippen LogP contribution is 2.32. The minimum atomic E-state index is -0.181. The van der Waals surface area contributed by atoms with Gasteiger partial charge in [0, 0.05) is 18.3 Å². The lowest BCUT2D eigenvalue weighted by Gasteiger charge is -2.11. The van der Waals surface area contributed by atoms with Crippen molar-refractivity contribution in [2.45, 2.75) is 6.54 Å². The van der Waals surface area contributed by atoms with Gasteiger partial charge in [0.2, 0.25) is 0 Å². The van der Waals surface area contributed by atoms with Crippen LogP contribution >= 0.6 is 23.2 Å². The Morgan fingerprint density at radius 3 is 2.40 bits per heavy atom. The lowest BCUT2D eigenvalue weighted by molar-refractivity contribution is 0.0951. The molecule has 6 heteroatoms. The van der Waals surface area contributed by atoms with Crippen LogP contribution in [-0.2, 0) is 6.54 Å². The van der Waals surface area contributed by atoms with Crippen LogP contribution in [0, 0.1) is 0 Å². The molecule has 126 valence electrons. The number of hydrogen-bond donors (Lipinski definition) is 2. The summed E-state index contributed by atoms with van der Waals surface area (Å²) in [6.45, 7) is 0.459. The minimum absolute atomic E-state index is 0.181. The Hall–Kier alpha value is -2.56. The number of amides is 1. The molecule has 2 aromatic carbocycles. The monoisotopic (exact) mass is 371 g/mol. The lowest BCUT2D eigenvalue weighted by atomic mass is 10.2. The number of carbonyl (C=O) groups is 1. The van der Waals surface area contributed by atoms with Crippen molar-refractivity contribution in [3.63, 3.8) is 0 Å². The van der Waals surface area contributed by atoms with Crippen LogP contribution < -0.4 is 10.6 Å². The normalized spacial score (nSPS) is 10.3. The second kappa shape index (κ2) is 8.01. The second-order valence-electron chi connectivity index (χ2n) is 5.32. The van der Waals surface area contributed by atoms with E-state index in [1.165, 1.54) is 0 Å². The Labute approximate surface area is 155 Å². The van der Waals surface area contributed by atoms with Gasteiger partial charge in [0.1, 0.15) is 5.82 Å². The van der Waals surface area contributed by atoms with E-state index < -0.39 is 0 Å². The van der Waals surface area contributed by atoms with Crippen molar-refractivity contribution in [3.05, 3.63) is 88.0 Å². The van der Waals surface area contributed by atoms with E-state index in [0.29, 0.717) is 33.7 Å². The van der Waals surface area contributed by atoms with Gasteiger partial charge in [-0.1, -0.05) is 59.6 Å². The van der Waals surface area contributed by atoms with Gasteiger partial charge in [0.15, 0.2) is 0 Å². The van der Waals surface area contributed by atoms with Crippen LogP contribution in [0.5, 0.6) is 0 Å². The number of nitrogens with one attached hydrogen (secondary N) is 2. The van der Waals surface area contributed by atoms with Crippen molar-refractivity contribution >= 4 is 40.6 Å². The summed E-state index contributed by atoms with van der Waals surface area (Å²) in [5.74, 6) is 0.307. The zero-order chi connectivity index (χ0) is 17.6. The standard InChI is InChI=1S/C19H15Cl2N3O/c20-15-7-4-8-16(21)18(15)24-17-11-14(9-10-22-17)19(25)23-12-13-5-2-1-3-6-13/h1-11H,12H2,(H,22,24)(H,23,25). The van der Waals surface area contributed by atoms with E-state index in [9.17, 15) is 4.79 Å². The first-order valence-corrected chi connectivity index (χ1v) is 8.38. The van der Waals surface area contributed by atoms with Crippen LogP contribution in [0.3, 0.4) is 0 Å². The number of para-hydroxylation sites is 1. The first-order chi connectivity index (χ1) is 12.1. The Morgan fingerprint density at radius 2 is 1.68 bits per heavy atom. The average molecular weight is 372 g/mol. The molecule has 0 fully saturated rings. The van der Waals surface area contributed by atoms with Gasteiger partial charge in [0.25, 0.3) is 5.91 Å². The smallest absolute Gasteiger partial charge is 0.251 e. The molecule has 4 nitrogen and oxygen atoms in total. The van der Waals surface area contributed by atoms with Crippen molar-refractivity contribution in [2.75, 3.05) is 5.32 Å². The first-order valence-electron chi connectivity index (χ1n) is 7.63. The molecule has 3 aromatic rings. The number of aromatic nitrogens is 1. The summed E-state index contributed by atoms with van der Waals surface area (Å²) in [6, 6.07) is 18.2. The van der Waals surface area contributed by atoms with E-state index in [-0.39, 0.29) is 5.91 Å². The fourth-order valence-electron chi connectivity index (χ4n) is 2.27. The molecule has 0 saturated carbocycles. The molecule has 1 amide bonds. The van der Waals surface area contributed by atoms with Gasteiger partial charge in [-0.25, -0.2) is 4.98 Å². The van der Waals surface area contributed by atoms with Crippen LogP contribution in [-0.4, -0.2) is 10.9 Å². The molecular formula is C19H15Cl2N3O. The third-order valence-corrected chi connectivity index (χ3v) is 4.16. The molecule has 25 heavy (non-hydrogen) atoms. The Bertz CT molecular complexity index is 865. The van der Waals surface area contributed by atoms with Crippen LogP contribution in [0.15, 0.2) is 66.9 Å². The predicted molar refractivity (Wildman–Crippen MR) is 102 cm³/mol. The van der Waals surface area contributed by atoms with Gasteiger partial charge < -0.3 is 10.6 Å². The summed E-state index contributed by atoms with van der Waals surface area (Å²) in [6.07, 6.45) is 1.56. The summed E-state index contributed by atoms with van der Waals surface area (Å²) >= 11 is 12.3. The summed E-state index contributed by atoms with van der Waals surface area (Å²) < 4.78 is 0. The number of nitrogens with zero attached hydrogens (tertiary/aromatic N) is 1. The molecule has 0 radical (unpaired) electrons. The maximum absolute atomic E-state index is 12.3. The highest BCUT2D eigenvalue weighted by Gasteiger charge is 2.10. The van der Waals surface area contributed by atoms with E-state index in [0.717, 1.165) is 5.56 Å². The Balaban J connectivity index is 1.72. The molecule has 0 aliphatic heterocycles. The van der Waals surface area contributed by atoms with E-state index in [4.69, 9.17) is 23.2 Å². The maximum atomic E-state index is 12.3. The van der Waals surface area contributed by atoms with Crippen molar-refractivity contribution in [1.29, 1.82) is 0 Å². The number of pyridine rings is 1. The van der Waals surface area contributed by atoms with E-state index >= 15 is 0 Å². The highest BCUT2D eigenvalue weighted by atomic mass is 35.5. The quantitative estimate of drug-likeness (QED) is 0.658. The number of hydrogen-bond acceptors (Lipinski definition) is 3. The first kappa shape index (κ1) is 17.3. The largest absolute Gasteiger partial charge is 0.348 e. The predicted octanol–water partition coefficient (Wildman–Crippen LogP) is 5.06. The molecule has 1 aromatic heterocycles. The minimum Gasteiger partial charge on any atom is -0.348 e. The van der Waals surface area contributed by atoms with Crippen molar-refractivity contribution in [3.8, 4) is 0 Å². The van der Waals surface area contributed by atoms with Gasteiger partial charge >= 0.3 is 0 Å². The topological polar surface area (TPSA) is 54.0 Å². The summed E-state index contributed by atoms with van der Waals surface area (Å²) in [5.41, 5.74) is 2.09. The zero-order valence-corrected chi connectivity index (χ0v) is 14.7. The number of rotatable bonds is 5. The molecule has 0 unspecified atom stereocenters. The molecule has 3 rings (SSSR count). The van der Waals surface area contributed by atoms with Gasteiger partial charge in [0.05, 0.1) is 15.7 Å². The molecule has 0 atom stereocenters. The van der Waals surface area contributed by atoms with Gasteiger partial charge in [-0.2, -0.15) is 0 Å². The number of carbonyl (C=O) groups excluding carboxylic acids is 1. The third kappa shape index (κ3) is 4.50. The zero-order valence-electron chi connectivity index (χ0n) is 13.2. The van der Waals surface area contributed by atoms with Crippen LogP contribution in [0.25, 0.3) is 0 Å². The van der Waals surface area contributed by atoms with E-state index in [1.54, 1.807) is 36.5 Å². The highest BCUT2D eigenvalue weighted by molar-refractivity contribution is 6.39. The Morgan fingerprint density at radius 1 is 0.960 bits per heavy atom. The van der Waals surface area contributed by atoms with Gasteiger partial charge in [-0.05, 0) is 29.8 Å². The number of benzene rings is 2. The van der Waals surface area contributed by atoms with Gasteiger partial charge in [-0.15, -0.1) is 0 Å². The average Bonchev–Trinajstić information content (AvgIpc) is 2.64. The maximum Gasteiger partial charge on any atom is 0.251 e. The van der Waals surface area contributed by atoms with E-state index in [1.807, 2.05) is 30.3 Å². The van der Waals surface area contributed by atoms with Gasteiger partial charge in [-0.3, -0.25) is 4.79 Å². The number of anilines is 2. The fraction of sp³-hybridized carbons (Fsp3) is 0.0526. The fourth-order valence-corrected chi connectivity index (χ4v) is 2.76. The van der Waals surface area contributed by atoms with Crippen molar-refractivity contribution in [2.24, 2.45) is 0 Å². The van der Waals surface area contributed by atoms with E-state index in [2.05, 4.69) is 15.6 Å². The van der Waals surface area contributed by atoms with Crippen LogP contribution in [0.2, 0.25) is 10.0 Å². The summed E-state index contributed by atoms with van der Waals surface area (Å²) in [7, 11) is 0. The van der Waals surface area contributed by atoms with Crippen molar-refractivity contribution in [1.82, 2.24) is 10.3 Å². The van der Waals surface area contributed by atoms with Crippen LogP contribution in [0.4, 0.5) is 11.5 Å². The summed E-state index contributed by atoms with van der Waals surface area (Å²) in [5, 5.41) is 6.90. The van der Waals surface area contributed by atoms with Crippen molar-refractivity contribution < 1.29 is 4.79 Å². The molecular weight excluding hydrogens is 357 g/mol. The molecule has 0 spiro atoms. The third-order valence-electron chi connectivity index (χ3n) is 3.53. The molecule has 0 bridgehead atoms. The lowest BCUT2D eigenvalue weighted by Crippen LogP contribution is -2.22. The molecule has 0 aliphatic carbocycles. The summed E-state index contributed by atoms with van der Waals surface area (Å²) in [4.78, 5) is 16.5. The Kier molecular flexibility index (Phi) is 5.53. The number of halogens is 2. The van der Waals surface area contributed by atoms with Crippen LogP contribution in [0.1, 0.15) is 15.9 Å². The molecule has 0 saturated heterocycles. The molecule has 0 aliphatic rings.